The monoisotopic (exact) mass is 215 g/mol. The molecule has 0 fully saturated rings. The van der Waals surface area contributed by atoms with Gasteiger partial charge in [0.15, 0.2) is 5.75 Å². The van der Waals surface area contributed by atoms with Gasteiger partial charge in [0.1, 0.15) is 5.56 Å². The van der Waals surface area contributed by atoms with Crippen LogP contribution >= 0.6 is 0 Å². The van der Waals surface area contributed by atoms with Gasteiger partial charge in [-0.1, -0.05) is 6.07 Å². The molecule has 1 rings (SSSR count). The number of hydrogen-bond acceptors (Lipinski definition) is 3. The predicted octanol–water partition coefficient (Wildman–Crippen LogP) is -0.423. The van der Waals surface area contributed by atoms with Gasteiger partial charge in [0.05, 0.1) is 4.90 Å². The van der Waals surface area contributed by atoms with Crippen LogP contribution in [0, 0.1) is 0 Å². The van der Waals surface area contributed by atoms with Crippen LogP contribution in [0.15, 0.2) is 23.1 Å². The van der Waals surface area contributed by atoms with Crippen molar-refractivity contribution in [3.05, 3.63) is 23.8 Å². The Kier molecular flexibility index (Phi) is 2.45. The minimum absolute atomic E-state index is 0.544. The van der Waals surface area contributed by atoms with Gasteiger partial charge in [0.25, 0.3) is 5.91 Å². The van der Waals surface area contributed by atoms with Crippen LogP contribution in [0.4, 0.5) is 0 Å². The zero-order valence-corrected chi connectivity index (χ0v) is 7.74. The van der Waals surface area contributed by atoms with Gasteiger partial charge in [-0.25, -0.2) is 13.6 Å². The number of hydrogen-bond donors (Lipinski definition) is 2. The van der Waals surface area contributed by atoms with Crippen molar-refractivity contribution < 1.29 is 18.3 Å². The maximum atomic E-state index is 11.1. The number of nitrogens with two attached hydrogens (primary N) is 2. The van der Waals surface area contributed by atoms with Crippen molar-refractivity contribution >= 4 is 15.9 Å². The maximum absolute atomic E-state index is 11.1. The highest BCUT2D eigenvalue weighted by molar-refractivity contribution is 7.89. The Morgan fingerprint density at radius 1 is 1.29 bits per heavy atom. The molecule has 0 aromatic heterocycles. The van der Waals surface area contributed by atoms with E-state index in [1.54, 1.807) is 0 Å². The zero-order chi connectivity index (χ0) is 10.9. The maximum Gasteiger partial charge on any atom is 0.254 e. The topological polar surface area (TPSA) is 123 Å². The van der Waals surface area contributed by atoms with E-state index in [4.69, 9.17) is 10.9 Å². The summed E-state index contributed by atoms with van der Waals surface area (Å²) in [5, 5.41) is 15.9. The Hall–Kier alpha value is -1.60. The molecule has 1 amide bonds. The molecule has 0 unspecified atom stereocenters. The summed E-state index contributed by atoms with van der Waals surface area (Å²) in [6.45, 7) is 0. The lowest BCUT2D eigenvalue weighted by Crippen LogP contribution is -2.20. The second-order valence-electron chi connectivity index (χ2n) is 2.54. The van der Waals surface area contributed by atoms with Gasteiger partial charge in [0, 0.05) is 0 Å². The van der Waals surface area contributed by atoms with Crippen LogP contribution in [0.5, 0.6) is 5.75 Å². The van der Waals surface area contributed by atoms with E-state index in [-0.39, 0.29) is 0 Å². The molecule has 0 atom stereocenters. The predicted molar refractivity (Wildman–Crippen MR) is 46.5 cm³/mol. The molecule has 75 valence electrons. The van der Waals surface area contributed by atoms with Gasteiger partial charge in [0.2, 0.25) is 10.0 Å². The second kappa shape index (κ2) is 3.28. The van der Waals surface area contributed by atoms with Crippen LogP contribution in [-0.2, 0) is 15.1 Å². The van der Waals surface area contributed by atoms with Crippen LogP contribution < -0.4 is 10.9 Å². The summed E-state index contributed by atoms with van der Waals surface area (Å²) in [7, 11) is -4.10. The van der Waals surface area contributed by atoms with E-state index in [2.05, 4.69) is 0 Å². The van der Waals surface area contributed by atoms with E-state index in [9.17, 15) is 18.3 Å². The third-order valence-electron chi connectivity index (χ3n) is 1.54. The van der Waals surface area contributed by atoms with E-state index in [1.807, 2.05) is 0 Å². The fourth-order valence-corrected chi connectivity index (χ4v) is 1.74. The van der Waals surface area contributed by atoms with Gasteiger partial charge in [-0.15, -0.1) is 0 Å². The molecule has 14 heavy (non-hydrogen) atoms. The average Bonchev–Trinajstić information content (AvgIpc) is 2.01. The SMILES string of the molecule is NC(=O)c1c([O])cccc1S(N)(=O)=O. The van der Waals surface area contributed by atoms with Crippen molar-refractivity contribution in [3.8, 4) is 5.75 Å². The van der Waals surface area contributed by atoms with Crippen molar-refractivity contribution in [3.63, 3.8) is 0 Å². The fourth-order valence-electron chi connectivity index (χ4n) is 0.991. The standard InChI is InChI=1S/C7H7N2O4S/c8-7(11)6-4(10)2-1-3-5(6)14(9,12)13/h1-3H,(H2,8,11)(H2,9,12,13). The first-order valence-electron chi connectivity index (χ1n) is 3.46. The number of primary sulfonamides is 1. The molecule has 0 spiro atoms. The zero-order valence-electron chi connectivity index (χ0n) is 6.93. The van der Waals surface area contributed by atoms with Gasteiger partial charge in [-0.05, 0) is 12.1 Å². The van der Waals surface area contributed by atoms with Crippen molar-refractivity contribution in [2.75, 3.05) is 0 Å². The Bertz CT molecular complexity index is 480. The molecule has 0 saturated carbocycles. The summed E-state index contributed by atoms with van der Waals surface area (Å²) in [6.07, 6.45) is 0. The van der Waals surface area contributed by atoms with Gasteiger partial charge >= 0.3 is 0 Å². The molecule has 7 heteroatoms. The van der Waals surface area contributed by atoms with Crippen LogP contribution in [0.25, 0.3) is 0 Å². The quantitative estimate of drug-likeness (QED) is 0.695. The molecule has 1 aromatic rings. The summed E-state index contributed by atoms with van der Waals surface area (Å²) in [5.41, 5.74) is 4.25. The number of carbonyl (C=O) groups is 1. The number of sulfonamides is 1. The summed E-state index contributed by atoms with van der Waals surface area (Å²) in [5.74, 6) is -1.87. The highest BCUT2D eigenvalue weighted by Crippen LogP contribution is 2.23. The van der Waals surface area contributed by atoms with E-state index in [1.165, 1.54) is 6.07 Å². The first-order chi connectivity index (χ1) is 6.34. The number of benzene rings is 1. The Morgan fingerprint density at radius 2 is 1.86 bits per heavy atom. The molecule has 0 heterocycles. The Morgan fingerprint density at radius 3 is 2.21 bits per heavy atom. The molecule has 1 aromatic carbocycles. The molecule has 0 aliphatic rings. The molecular formula is C7H7N2O4S. The number of rotatable bonds is 2. The lowest BCUT2D eigenvalue weighted by molar-refractivity contribution is 0.0992. The first-order valence-corrected chi connectivity index (χ1v) is 5.01. The first kappa shape index (κ1) is 10.5. The lowest BCUT2D eigenvalue weighted by Gasteiger charge is -2.03. The highest BCUT2D eigenvalue weighted by Gasteiger charge is 2.21. The molecule has 0 saturated heterocycles. The summed E-state index contributed by atoms with van der Waals surface area (Å²) in [4.78, 5) is 10.2. The normalized spacial score (nSPS) is 11.2. The Labute approximate surface area is 80.2 Å². The van der Waals surface area contributed by atoms with Crippen LogP contribution in [0.1, 0.15) is 10.4 Å². The van der Waals surface area contributed by atoms with Gasteiger partial charge < -0.3 is 5.73 Å². The molecule has 1 radical (unpaired) electrons. The number of primary amides is 1. The van der Waals surface area contributed by atoms with Gasteiger partial charge in [-0.2, -0.15) is 0 Å². The highest BCUT2D eigenvalue weighted by atomic mass is 32.2. The lowest BCUT2D eigenvalue weighted by atomic mass is 10.2. The molecule has 0 aliphatic heterocycles. The van der Waals surface area contributed by atoms with Crippen LogP contribution in [0.2, 0.25) is 0 Å². The van der Waals surface area contributed by atoms with E-state index in [0.717, 1.165) is 12.1 Å². The fraction of sp³-hybridized carbons (Fsp3) is 0. The van der Waals surface area contributed by atoms with Crippen LogP contribution in [-0.4, -0.2) is 14.3 Å². The van der Waals surface area contributed by atoms with E-state index in [0.29, 0.717) is 0 Å². The second-order valence-corrected chi connectivity index (χ2v) is 4.07. The number of amides is 1. The molecule has 0 bridgehead atoms. The smallest absolute Gasteiger partial charge is 0.254 e. The minimum Gasteiger partial charge on any atom is -0.365 e. The third kappa shape index (κ3) is 1.83. The van der Waals surface area contributed by atoms with E-state index < -0.39 is 32.1 Å². The summed E-state index contributed by atoms with van der Waals surface area (Å²) >= 11 is 0. The minimum atomic E-state index is -4.10. The average molecular weight is 215 g/mol. The molecular weight excluding hydrogens is 208 g/mol. The van der Waals surface area contributed by atoms with Crippen molar-refractivity contribution in [1.82, 2.24) is 0 Å². The van der Waals surface area contributed by atoms with Crippen molar-refractivity contribution in [2.45, 2.75) is 4.90 Å². The molecule has 4 N–H and O–H groups in total. The third-order valence-corrected chi connectivity index (χ3v) is 2.49. The summed E-state index contributed by atoms with van der Waals surface area (Å²) < 4.78 is 21.9. The van der Waals surface area contributed by atoms with Crippen LogP contribution in [0.3, 0.4) is 0 Å². The molecule has 6 nitrogen and oxygen atoms in total. The largest absolute Gasteiger partial charge is 0.365 e. The Balaban J connectivity index is 3.61. The van der Waals surface area contributed by atoms with E-state index >= 15 is 0 Å². The summed E-state index contributed by atoms with van der Waals surface area (Å²) in [6, 6.07) is 3.28. The van der Waals surface area contributed by atoms with Crippen molar-refractivity contribution in [2.24, 2.45) is 10.9 Å². The molecule has 0 aliphatic carbocycles. The van der Waals surface area contributed by atoms with Crippen molar-refractivity contribution in [1.29, 1.82) is 0 Å². The number of carbonyl (C=O) groups excluding carboxylic acids is 1. The van der Waals surface area contributed by atoms with Gasteiger partial charge in [-0.3, -0.25) is 9.90 Å².